The molecule has 0 bridgehead atoms. The molecule has 1 aliphatic carbocycles. The van der Waals surface area contributed by atoms with Crippen LogP contribution in [0.4, 0.5) is 27.3 Å². The fourth-order valence-corrected chi connectivity index (χ4v) is 5.07. The Morgan fingerprint density at radius 1 is 1.11 bits per heavy atom. The number of rotatable bonds is 10. The van der Waals surface area contributed by atoms with Gasteiger partial charge in [-0.15, -0.1) is 0 Å². The summed E-state index contributed by atoms with van der Waals surface area (Å²) in [5, 5.41) is 5.87. The summed E-state index contributed by atoms with van der Waals surface area (Å²) in [5.74, 6) is -1.08. The van der Waals surface area contributed by atoms with Crippen LogP contribution in [0.25, 0.3) is 0 Å². The average molecular weight is 606 g/mol. The van der Waals surface area contributed by atoms with Crippen LogP contribution in [0.3, 0.4) is 0 Å². The molecule has 10 nitrogen and oxygen atoms in total. The molecule has 234 valence electrons. The van der Waals surface area contributed by atoms with Crippen LogP contribution in [0.1, 0.15) is 53.7 Å². The number of nitrogens with zero attached hydrogens (tertiary/aromatic N) is 3. The lowest BCUT2D eigenvalue weighted by Crippen LogP contribution is -2.49. The number of benzene rings is 2. The molecule has 3 aromatic rings. The first-order chi connectivity index (χ1) is 21.1. The van der Waals surface area contributed by atoms with Gasteiger partial charge < -0.3 is 20.3 Å². The van der Waals surface area contributed by atoms with Gasteiger partial charge >= 0.3 is 0 Å². The molecule has 0 radical (unpaired) electrons. The number of aromatic nitrogens is 1. The number of halogens is 1. The number of ether oxygens (including phenoxy) is 1. The summed E-state index contributed by atoms with van der Waals surface area (Å²) in [7, 11) is 3.18. The quantitative estimate of drug-likeness (QED) is 0.329. The molecule has 0 atom stereocenters. The summed E-state index contributed by atoms with van der Waals surface area (Å²) >= 11 is 0. The number of aryl methyl sites for hydroxylation is 1. The molecule has 0 spiro atoms. The number of pyridine rings is 1. The Balaban J connectivity index is 0.00000216. The molecule has 5 rings (SSSR count). The van der Waals surface area contributed by atoms with Gasteiger partial charge in [-0.2, -0.15) is 0 Å². The van der Waals surface area contributed by atoms with Gasteiger partial charge in [-0.25, -0.2) is 4.39 Å². The summed E-state index contributed by atoms with van der Waals surface area (Å²) < 4.78 is 21.3. The van der Waals surface area contributed by atoms with Gasteiger partial charge in [0.05, 0.1) is 37.1 Å². The van der Waals surface area contributed by atoms with Crippen LogP contribution in [0.15, 0.2) is 47.3 Å². The van der Waals surface area contributed by atoms with Crippen LogP contribution in [-0.2, 0) is 27.8 Å². The third kappa shape index (κ3) is 6.83. The van der Waals surface area contributed by atoms with E-state index < -0.39 is 17.3 Å². The van der Waals surface area contributed by atoms with E-state index in [1.54, 1.807) is 56.1 Å². The predicted molar refractivity (Wildman–Crippen MR) is 168 cm³/mol. The van der Waals surface area contributed by atoms with Crippen molar-refractivity contribution in [3.05, 3.63) is 80.9 Å². The van der Waals surface area contributed by atoms with Gasteiger partial charge in [-0.1, -0.05) is 32.0 Å². The minimum atomic E-state index is -0.551. The number of carbonyl (C=O) groups excluding carboxylic acids is 3. The van der Waals surface area contributed by atoms with Crippen LogP contribution in [0, 0.1) is 19.7 Å². The minimum absolute atomic E-state index is 0.0170. The Morgan fingerprint density at radius 2 is 1.82 bits per heavy atom. The molecule has 1 saturated heterocycles. The fourth-order valence-electron chi connectivity index (χ4n) is 5.07. The van der Waals surface area contributed by atoms with Gasteiger partial charge in [0.2, 0.25) is 12.3 Å². The van der Waals surface area contributed by atoms with Crippen molar-refractivity contribution in [1.29, 1.82) is 0 Å². The smallest absolute Gasteiger partial charge is 0.259 e. The van der Waals surface area contributed by atoms with Gasteiger partial charge in [-0.05, 0) is 62.1 Å². The van der Waals surface area contributed by atoms with Crippen LogP contribution in [0.5, 0.6) is 0 Å². The van der Waals surface area contributed by atoms with Crippen LogP contribution in [-0.4, -0.2) is 60.0 Å². The summed E-state index contributed by atoms with van der Waals surface area (Å²) in [6, 6.07) is 11.4. The molecule has 2 heterocycles. The monoisotopic (exact) mass is 605 g/mol. The molecule has 2 fully saturated rings. The first kappa shape index (κ1) is 32.4. The summed E-state index contributed by atoms with van der Waals surface area (Å²) in [6.07, 6.45) is 2.29. The minimum Gasteiger partial charge on any atom is -0.377 e. The van der Waals surface area contributed by atoms with Crippen molar-refractivity contribution in [2.24, 2.45) is 7.05 Å². The number of carbonyl (C=O) groups is 3. The highest BCUT2D eigenvalue weighted by molar-refractivity contribution is 6.09. The second kappa shape index (κ2) is 13.9. The first-order valence-corrected chi connectivity index (χ1v) is 14.8. The first-order valence-electron chi connectivity index (χ1n) is 14.8. The number of hydrogen-bond donors (Lipinski definition) is 2. The third-order valence-corrected chi connectivity index (χ3v) is 7.70. The zero-order valence-corrected chi connectivity index (χ0v) is 26.1. The molecule has 2 aliphatic rings. The van der Waals surface area contributed by atoms with E-state index >= 15 is 0 Å². The lowest BCUT2D eigenvalue weighted by molar-refractivity contribution is -0.124. The summed E-state index contributed by atoms with van der Waals surface area (Å²) in [6.45, 7) is 8.26. The molecular formula is C33H40FN5O5. The van der Waals surface area contributed by atoms with Crippen molar-refractivity contribution in [2.75, 3.05) is 30.5 Å². The Labute approximate surface area is 256 Å². The molecule has 1 aromatic heterocycles. The largest absolute Gasteiger partial charge is 0.377 e. The van der Waals surface area contributed by atoms with Crippen LogP contribution < -0.4 is 21.1 Å². The van der Waals surface area contributed by atoms with E-state index in [-0.39, 0.29) is 52.7 Å². The molecule has 2 N–H and O–H groups in total. The van der Waals surface area contributed by atoms with Crippen molar-refractivity contribution in [3.63, 3.8) is 0 Å². The molecular weight excluding hydrogens is 565 g/mol. The maximum Gasteiger partial charge on any atom is 0.259 e. The third-order valence-electron chi connectivity index (χ3n) is 7.70. The molecule has 11 heteroatoms. The second-order valence-electron chi connectivity index (χ2n) is 10.9. The maximum atomic E-state index is 15.0. The van der Waals surface area contributed by atoms with Gasteiger partial charge in [0.15, 0.2) is 0 Å². The highest BCUT2D eigenvalue weighted by Gasteiger charge is 2.36. The Morgan fingerprint density at radius 3 is 2.41 bits per heavy atom. The SMILES string of the molecule is CC.Cc1ccc(Nc2c(C(=O)N(C)C3CC3)c(N(C=O)c3cccc(CC(=O)NC4COC4)c3)c(C)c(=O)n2C)c(F)c1. The lowest BCUT2D eigenvalue weighted by Gasteiger charge is -2.29. The van der Waals surface area contributed by atoms with E-state index in [0.717, 1.165) is 12.8 Å². The number of anilines is 4. The van der Waals surface area contributed by atoms with E-state index in [2.05, 4.69) is 10.6 Å². The van der Waals surface area contributed by atoms with Crippen LogP contribution >= 0.6 is 0 Å². The van der Waals surface area contributed by atoms with Crippen molar-refractivity contribution in [2.45, 2.75) is 59.0 Å². The fraction of sp³-hybridized carbons (Fsp3) is 0.394. The van der Waals surface area contributed by atoms with E-state index in [4.69, 9.17) is 4.74 Å². The topological polar surface area (TPSA) is 113 Å². The van der Waals surface area contributed by atoms with Crippen molar-refractivity contribution in [3.8, 4) is 0 Å². The molecule has 1 saturated carbocycles. The van der Waals surface area contributed by atoms with E-state index in [1.807, 2.05) is 13.8 Å². The van der Waals surface area contributed by atoms with Gasteiger partial charge in [-0.3, -0.25) is 28.6 Å². The standard InChI is InChI=1S/C31H34FN5O5.C2H6/c1-18-8-11-25(24(32)12-18)34-29-27(31(41)35(3)22-9-10-22)28(19(2)30(40)36(29)4)37(17-38)23-7-5-6-20(13-23)14-26(39)33-21-15-42-16-21;1-2/h5-8,11-13,17,21-22,34H,9-10,14-16H2,1-4H3,(H,33,39);1-2H3. The normalized spacial score (nSPS) is 14.1. The number of amides is 3. The van der Waals surface area contributed by atoms with E-state index in [1.165, 1.54) is 28.6 Å². The molecule has 44 heavy (non-hydrogen) atoms. The highest BCUT2D eigenvalue weighted by Crippen LogP contribution is 2.38. The number of nitrogens with one attached hydrogen (secondary N) is 2. The Kier molecular flexibility index (Phi) is 10.2. The maximum absolute atomic E-state index is 15.0. The molecule has 1 aliphatic heterocycles. The van der Waals surface area contributed by atoms with Crippen molar-refractivity contribution < 1.29 is 23.5 Å². The van der Waals surface area contributed by atoms with E-state index in [0.29, 0.717) is 36.4 Å². The van der Waals surface area contributed by atoms with Crippen molar-refractivity contribution in [1.82, 2.24) is 14.8 Å². The number of hydrogen-bond acceptors (Lipinski definition) is 6. The second-order valence-corrected chi connectivity index (χ2v) is 10.9. The van der Waals surface area contributed by atoms with Gasteiger partial charge in [0.1, 0.15) is 17.2 Å². The lowest BCUT2D eigenvalue weighted by atomic mass is 10.0. The average Bonchev–Trinajstić information content (AvgIpc) is 3.84. The van der Waals surface area contributed by atoms with E-state index in [9.17, 15) is 23.6 Å². The molecule has 0 unspecified atom stereocenters. The van der Waals surface area contributed by atoms with Gasteiger partial charge in [0.25, 0.3) is 11.5 Å². The zero-order valence-electron chi connectivity index (χ0n) is 26.1. The highest BCUT2D eigenvalue weighted by atomic mass is 19.1. The molecule has 2 aromatic carbocycles. The zero-order chi connectivity index (χ0) is 32.1. The van der Waals surface area contributed by atoms with Crippen LogP contribution in [0.2, 0.25) is 0 Å². The summed E-state index contributed by atoms with van der Waals surface area (Å²) in [4.78, 5) is 55.7. The predicted octanol–water partition coefficient (Wildman–Crippen LogP) is 4.50. The Bertz CT molecular complexity index is 1610. The summed E-state index contributed by atoms with van der Waals surface area (Å²) in [5.41, 5.74) is 1.66. The van der Waals surface area contributed by atoms with Crippen molar-refractivity contribution >= 4 is 41.1 Å². The molecule has 3 amide bonds. The van der Waals surface area contributed by atoms with Gasteiger partial charge in [0, 0.05) is 31.4 Å². The Hall–Kier alpha value is -4.51.